The van der Waals surface area contributed by atoms with E-state index in [0.29, 0.717) is 16.9 Å². The molecule has 0 spiro atoms. The molecule has 0 fully saturated rings. The number of phenols is 1. The fraction of sp³-hybridized carbons (Fsp3) is 0.0952. The van der Waals surface area contributed by atoms with Crippen molar-refractivity contribution in [2.75, 3.05) is 5.32 Å². The number of anilines is 1. The van der Waals surface area contributed by atoms with E-state index in [1.54, 1.807) is 24.3 Å². The Labute approximate surface area is 156 Å². The van der Waals surface area contributed by atoms with Crippen LogP contribution < -0.4 is 5.32 Å². The number of aryl methyl sites for hydroxylation is 2. The van der Waals surface area contributed by atoms with Crippen molar-refractivity contribution in [1.29, 1.82) is 0 Å². The highest BCUT2D eigenvalue weighted by Gasteiger charge is 2.16. The number of rotatable bonds is 3. The Morgan fingerprint density at radius 3 is 2.19 bits per heavy atom. The summed E-state index contributed by atoms with van der Waals surface area (Å²) in [6, 6.07) is 18.2. The van der Waals surface area contributed by atoms with Gasteiger partial charge in [0, 0.05) is 5.56 Å². The molecule has 0 aliphatic heterocycles. The predicted octanol–water partition coefficient (Wildman–Crippen LogP) is 4.00. The highest BCUT2D eigenvalue weighted by atomic mass is 16.3. The molecule has 4 rings (SSSR count). The number of amides is 1. The lowest BCUT2D eigenvalue weighted by Crippen LogP contribution is -2.13. The first kappa shape index (κ1) is 16.8. The minimum absolute atomic E-state index is 0.0821. The number of aromatic nitrogens is 3. The number of benzene rings is 3. The maximum atomic E-state index is 12.5. The molecule has 4 aromatic rings. The number of nitrogens with one attached hydrogen (secondary N) is 1. The number of carbonyl (C=O) groups is 1. The van der Waals surface area contributed by atoms with Crippen LogP contribution in [0.15, 0.2) is 60.7 Å². The molecule has 134 valence electrons. The first-order valence-electron chi connectivity index (χ1n) is 8.55. The van der Waals surface area contributed by atoms with Gasteiger partial charge in [0.1, 0.15) is 16.7 Å². The fourth-order valence-corrected chi connectivity index (χ4v) is 2.87. The normalized spacial score (nSPS) is 10.9. The molecule has 0 aliphatic rings. The minimum atomic E-state index is -0.291. The van der Waals surface area contributed by atoms with Crippen molar-refractivity contribution in [1.82, 2.24) is 15.0 Å². The average molecular weight is 358 g/mol. The van der Waals surface area contributed by atoms with Crippen molar-refractivity contribution < 1.29 is 9.90 Å². The summed E-state index contributed by atoms with van der Waals surface area (Å²) in [6.45, 7) is 3.84. The van der Waals surface area contributed by atoms with E-state index in [2.05, 4.69) is 15.5 Å². The Balaban J connectivity index is 1.72. The Bertz CT molecular complexity index is 1110. The lowest BCUT2D eigenvalue weighted by atomic mass is 10.1. The van der Waals surface area contributed by atoms with E-state index < -0.39 is 0 Å². The van der Waals surface area contributed by atoms with Crippen LogP contribution in [0.2, 0.25) is 0 Å². The zero-order valence-electron chi connectivity index (χ0n) is 15.0. The van der Waals surface area contributed by atoms with Crippen molar-refractivity contribution in [3.05, 3.63) is 77.4 Å². The predicted molar refractivity (Wildman–Crippen MR) is 104 cm³/mol. The Hall–Kier alpha value is -3.67. The SMILES string of the molecule is Cc1ccc(C(=O)Nc2cc(C)cc(-n3nc4ccccc4n3)c2O)cc1. The van der Waals surface area contributed by atoms with Crippen LogP contribution >= 0.6 is 0 Å². The van der Waals surface area contributed by atoms with Crippen LogP contribution in [0.25, 0.3) is 16.7 Å². The van der Waals surface area contributed by atoms with Crippen molar-refractivity contribution in [3.8, 4) is 11.4 Å². The molecule has 6 heteroatoms. The highest BCUT2D eigenvalue weighted by Crippen LogP contribution is 2.32. The highest BCUT2D eigenvalue weighted by molar-refractivity contribution is 6.05. The average Bonchev–Trinajstić information content (AvgIpc) is 3.08. The van der Waals surface area contributed by atoms with E-state index in [4.69, 9.17) is 0 Å². The second kappa shape index (κ2) is 6.57. The third-order valence-electron chi connectivity index (χ3n) is 4.30. The molecule has 1 aromatic heterocycles. The molecule has 6 nitrogen and oxygen atoms in total. The van der Waals surface area contributed by atoms with Crippen molar-refractivity contribution in [2.45, 2.75) is 13.8 Å². The molecular weight excluding hydrogens is 340 g/mol. The lowest BCUT2D eigenvalue weighted by molar-refractivity contribution is 0.102. The van der Waals surface area contributed by atoms with Crippen LogP contribution in [0.1, 0.15) is 21.5 Å². The number of hydrogen-bond acceptors (Lipinski definition) is 4. The maximum Gasteiger partial charge on any atom is 0.255 e. The fourth-order valence-electron chi connectivity index (χ4n) is 2.87. The molecule has 0 atom stereocenters. The third kappa shape index (κ3) is 3.25. The summed E-state index contributed by atoms with van der Waals surface area (Å²) >= 11 is 0. The lowest BCUT2D eigenvalue weighted by Gasteiger charge is -2.12. The molecule has 1 amide bonds. The van der Waals surface area contributed by atoms with Gasteiger partial charge in [-0.25, -0.2) is 0 Å². The van der Waals surface area contributed by atoms with Gasteiger partial charge < -0.3 is 10.4 Å². The van der Waals surface area contributed by atoms with Crippen molar-refractivity contribution in [2.24, 2.45) is 0 Å². The summed E-state index contributed by atoms with van der Waals surface area (Å²) in [6.07, 6.45) is 0. The van der Waals surface area contributed by atoms with E-state index in [0.717, 1.165) is 22.2 Å². The molecule has 0 unspecified atom stereocenters. The molecular formula is C21H18N4O2. The number of hydrogen-bond donors (Lipinski definition) is 2. The largest absolute Gasteiger partial charge is 0.504 e. The van der Waals surface area contributed by atoms with Gasteiger partial charge in [0.25, 0.3) is 5.91 Å². The van der Waals surface area contributed by atoms with Gasteiger partial charge in [0.05, 0.1) is 5.69 Å². The van der Waals surface area contributed by atoms with E-state index in [-0.39, 0.29) is 11.7 Å². The molecule has 0 saturated heterocycles. The van der Waals surface area contributed by atoms with Crippen LogP contribution in [0, 0.1) is 13.8 Å². The van der Waals surface area contributed by atoms with Gasteiger partial charge in [-0.15, -0.1) is 15.0 Å². The van der Waals surface area contributed by atoms with Crippen LogP contribution in [0.3, 0.4) is 0 Å². The number of nitrogens with zero attached hydrogens (tertiary/aromatic N) is 3. The zero-order valence-corrected chi connectivity index (χ0v) is 15.0. The molecule has 0 aliphatic carbocycles. The first-order chi connectivity index (χ1) is 13.0. The van der Waals surface area contributed by atoms with Gasteiger partial charge in [-0.05, 0) is 55.8 Å². The van der Waals surface area contributed by atoms with Gasteiger partial charge in [-0.1, -0.05) is 29.8 Å². The monoisotopic (exact) mass is 358 g/mol. The quantitative estimate of drug-likeness (QED) is 0.543. The Kier molecular flexibility index (Phi) is 4.08. The zero-order chi connectivity index (χ0) is 19.0. The van der Waals surface area contributed by atoms with E-state index >= 15 is 0 Å². The molecule has 0 saturated carbocycles. The number of fused-ring (bicyclic) bond motifs is 1. The van der Waals surface area contributed by atoms with Crippen LogP contribution in [-0.2, 0) is 0 Å². The molecule has 27 heavy (non-hydrogen) atoms. The summed E-state index contributed by atoms with van der Waals surface area (Å²) in [7, 11) is 0. The van der Waals surface area contributed by atoms with E-state index in [1.807, 2.05) is 50.2 Å². The minimum Gasteiger partial charge on any atom is -0.504 e. The van der Waals surface area contributed by atoms with Gasteiger partial charge in [-0.3, -0.25) is 4.79 Å². The summed E-state index contributed by atoms with van der Waals surface area (Å²) < 4.78 is 0. The van der Waals surface area contributed by atoms with Gasteiger partial charge in [-0.2, -0.15) is 0 Å². The Morgan fingerprint density at radius 1 is 0.926 bits per heavy atom. The molecule has 3 aromatic carbocycles. The first-order valence-corrected chi connectivity index (χ1v) is 8.55. The summed E-state index contributed by atoms with van der Waals surface area (Å²) in [5, 5.41) is 22.3. The Morgan fingerprint density at radius 2 is 1.56 bits per heavy atom. The van der Waals surface area contributed by atoms with Crippen LogP contribution in [-0.4, -0.2) is 26.0 Å². The maximum absolute atomic E-state index is 12.5. The smallest absolute Gasteiger partial charge is 0.255 e. The molecule has 0 bridgehead atoms. The van der Waals surface area contributed by atoms with E-state index in [1.165, 1.54) is 4.80 Å². The van der Waals surface area contributed by atoms with Gasteiger partial charge in [0.15, 0.2) is 5.75 Å². The summed E-state index contributed by atoms with van der Waals surface area (Å²) in [5.74, 6) is -0.373. The third-order valence-corrected chi connectivity index (χ3v) is 4.30. The van der Waals surface area contributed by atoms with Gasteiger partial charge >= 0.3 is 0 Å². The van der Waals surface area contributed by atoms with E-state index in [9.17, 15) is 9.90 Å². The topological polar surface area (TPSA) is 80.0 Å². The molecule has 1 heterocycles. The summed E-state index contributed by atoms with van der Waals surface area (Å²) in [4.78, 5) is 13.9. The number of phenolic OH excluding ortho intramolecular Hbond substituents is 1. The second-order valence-electron chi connectivity index (χ2n) is 6.48. The molecule has 2 N–H and O–H groups in total. The summed E-state index contributed by atoms with van der Waals surface area (Å²) in [5.41, 5.74) is 4.63. The number of aromatic hydroxyl groups is 1. The second-order valence-corrected chi connectivity index (χ2v) is 6.48. The van der Waals surface area contributed by atoms with Crippen LogP contribution in [0.5, 0.6) is 5.75 Å². The van der Waals surface area contributed by atoms with Gasteiger partial charge in [0.2, 0.25) is 0 Å². The van der Waals surface area contributed by atoms with Crippen molar-refractivity contribution >= 4 is 22.6 Å². The number of carbonyl (C=O) groups excluding carboxylic acids is 1. The molecule has 0 radical (unpaired) electrons. The van der Waals surface area contributed by atoms with Crippen LogP contribution in [0.4, 0.5) is 5.69 Å². The van der Waals surface area contributed by atoms with Crippen molar-refractivity contribution in [3.63, 3.8) is 0 Å². The standard InChI is InChI=1S/C21H18N4O2/c1-13-7-9-15(10-8-13)21(27)22-18-11-14(2)12-19(20(18)26)25-23-16-5-3-4-6-17(16)24-25/h3-12,26H,1-2H3,(H,22,27).